The first-order valence-electron chi connectivity index (χ1n) is 23.6. The fourth-order valence-corrected chi connectivity index (χ4v) is 10.1. The maximum absolute atomic E-state index is 14.7. The number of hydrazine groups is 1. The van der Waals surface area contributed by atoms with Crippen LogP contribution in [-0.4, -0.2) is 119 Å². The molecule has 5 heterocycles. The number of ether oxygens (including phenoxy) is 2. The summed E-state index contributed by atoms with van der Waals surface area (Å²) in [5.41, 5.74) is 16.1. The Morgan fingerprint density at radius 2 is 1.82 bits per heavy atom. The second-order valence-corrected chi connectivity index (χ2v) is 19.3. The zero-order chi connectivity index (χ0) is 47.4. The quantitative estimate of drug-likeness (QED) is 0.164. The van der Waals surface area contributed by atoms with E-state index >= 15 is 0 Å². The number of amides is 4. The highest BCUT2D eigenvalue weighted by Gasteiger charge is 2.40. The van der Waals surface area contributed by atoms with E-state index in [0.717, 1.165) is 50.1 Å². The molecule has 15 nitrogen and oxygen atoms in total. The summed E-state index contributed by atoms with van der Waals surface area (Å²) in [6.45, 7) is 14.2. The first-order valence-corrected chi connectivity index (χ1v) is 23.6. The van der Waals surface area contributed by atoms with Crippen molar-refractivity contribution in [3.8, 4) is 22.4 Å². The third kappa shape index (κ3) is 10.2. The van der Waals surface area contributed by atoms with E-state index in [1.807, 2.05) is 39.0 Å². The Kier molecular flexibility index (Phi) is 15.0. The number of likely N-dealkylation sites (tertiary alicyclic amines) is 1. The number of nitrogens with one attached hydrogen (secondary N) is 2. The van der Waals surface area contributed by atoms with Crippen molar-refractivity contribution >= 4 is 40.5 Å². The van der Waals surface area contributed by atoms with E-state index in [1.165, 1.54) is 9.91 Å². The van der Waals surface area contributed by atoms with Crippen LogP contribution in [0, 0.1) is 17.3 Å². The minimum Gasteiger partial charge on any atom is -0.464 e. The van der Waals surface area contributed by atoms with Gasteiger partial charge in [0.15, 0.2) is 0 Å². The van der Waals surface area contributed by atoms with Crippen molar-refractivity contribution in [2.24, 2.45) is 23.0 Å². The molecule has 5 atom stereocenters. The highest BCUT2D eigenvalue weighted by Crippen LogP contribution is 2.42. The molecule has 2 saturated heterocycles. The number of aromatic nitrogens is 2. The molecule has 3 aliphatic rings. The lowest BCUT2D eigenvalue weighted by molar-refractivity contribution is -0.155. The summed E-state index contributed by atoms with van der Waals surface area (Å²) in [5.74, 6) is -2.40. The Labute approximate surface area is 388 Å². The zero-order valence-electron chi connectivity index (χ0n) is 39.9. The Morgan fingerprint density at radius 1 is 1.05 bits per heavy atom. The molecule has 15 heteroatoms. The predicted octanol–water partition coefficient (Wildman–Crippen LogP) is 5.43. The number of nitrogens with zero attached hydrogens (tertiary/aromatic N) is 5. The van der Waals surface area contributed by atoms with E-state index in [1.54, 1.807) is 25.3 Å². The second-order valence-electron chi connectivity index (χ2n) is 19.3. The van der Waals surface area contributed by atoms with E-state index < -0.39 is 47.2 Å². The number of cyclic esters (lactones) is 1. The van der Waals surface area contributed by atoms with Gasteiger partial charge in [0.05, 0.1) is 30.0 Å². The lowest BCUT2D eigenvalue weighted by Crippen LogP contribution is -2.62. The molecule has 4 amide bonds. The summed E-state index contributed by atoms with van der Waals surface area (Å²) in [4.78, 5) is 77.7. The summed E-state index contributed by atoms with van der Waals surface area (Å²) >= 11 is 0. The van der Waals surface area contributed by atoms with E-state index in [2.05, 4.69) is 72.5 Å². The molecule has 0 spiro atoms. The predicted molar refractivity (Wildman–Crippen MR) is 253 cm³/mol. The molecule has 354 valence electrons. The summed E-state index contributed by atoms with van der Waals surface area (Å²) < 4.78 is 14.3. The number of carbonyl (C=O) groups excluding carboxylic acids is 5. The van der Waals surface area contributed by atoms with Crippen molar-refractivity contribution in [3.05, 3.63) is 77.6 Å². The van der Waals surface area contributed by atoms with Crippen molar-refractivity contribution in [1.82, 2.24) is 35.1 Å². The molecule has 0 aliphatic carbocycles. The number of benzene rings is 2. The minimum atomic E-state index is -1.05. The van der Waals surface area contributed by atoms with Gasteiger partial charge in [0, 0.05) is 87.8 Å². The number of nitrogens with two attached hydrogens (primary N) is 1. The third-order valence-electron chi connectivity index (χ3n) is 13.5. The number of rotatable bonds is 11. The Hall–Kier alpha value is -5.64. The van der Waals surface area contributed by atoms with Crippen LogP contribution in [0.2, 0.25) is 0 Å². The van der Waals surface area contributed by atoms with Gasteiger partial charge < -0.3 is 34.9 Å². The van der Waals surface area contributed by atoms with Crippen LogP contribution in [0.15, 0.2) is 60.8 Å². The highest BCUT2D eigenvalue weighted by atomic mass is 16.5. The number of methoxy groups -OCH3 is 1. The monoisotopic (exact) mass is 905 g/mol. The van der Waals surface area contributed by atoms with Crippen molar-refractivity contribution in [2.75, 3.05) is 46.9 Å². The molecule has 0 unspecified atom stereocenters. The average molecular weight is 905 g/mol. The fourth-order valence-electron chi connectivity index (χ4n) is 10.1. The number of hydrogen-bond acceptors (Lipinski definition) is 10. The van der Waals surface area contributed by atoms with Crippen LogP contribution >= 0.6 is 0 Å². The second kappa shape index (κ2) is 20.5. The molecular weight excluding hydrogens is 837 g/mol. The van der Waals surface area contributed by atoms with Crippen molar-refractivity contribution < 1.29 is 33.4 Å². The lowest BCUT2D eigenvalue weighted by Gasteiger charge is -2.37. The molecule has 0 radical (unpaired) electrons. The van der Waals surface area contributed by atoms with Gasteiger partial charge in [0.25, 0.3) is 5.91 Å². The average Bonchev–Trinajstić information content (AvgIpc) is 3.92. The molecule has 7 rings (SSSR count). The van der Waals surface area contributed by atoms with Crippen molar-refractivity contribution in [2.45, 2.75) is 111 Å². The molecule has 0 saturated carbocycles. The lowest BCUT2D eigenvalue weighted by atomic mass is 9.84. The van der Waals surface area contributed by atoms with E-state index in [9.17, 15) is 24.0 Å². The van der Waals surface area contributed by atoms with Crippen LogP contribution in [-0.2, 0) is 52.8 Å². The van der Waals surface area contributed by atoms with Gasteiger partial charge in [-0.1, -0.05) is 58.0 Å². The van der Waals surface area contributed by atoms with E-state index in [-0.39, 0.29) is 56.4 Å². The van der Waals surface area contributed by atoms with Gasteiger partial charge >= 0.3 is 5.97 Å². The van der Waals surface area contributed by atoms with Crippen LogP contribution in [0.25, 0.3) is 33.3 Å². The third-order valence-corrected chi connectivity index (χ3v) is 13.5. The Balaban J connectivity index is 1.28. The van der Waals surface area contributed by atoms with Gasteiger partial charge in [0.1, 0.15) is 18.1 Å². The van der Waals surface area contributed by atoms with Crippen LogP contribution in [0.3, 0.4) is 0 Å². The number of pyridine rings is 1. The van der Waals surface area contributed by atoms with Crippen LogP contribution < -0.4 is 16.5 Å². The summed E-state index contributed by atoms with van der Waals surface area (Å²) in [6.07, 6.45) is 4.00. The molecule has 2 fully saturated rings. The number of aryl methyl sites for hydroxylation is 1. The Bertz CT molecular complexity index is 2450. The van der Waals surface area contributed by atoms with Crippen LogP contribution in [0.5, 0.6) is 0 Å². The maximum atomic E-state index is 14.7. The molecule has 4 aromatic rings. The normalized spacial score (nSPS) is 21.0. The maximum Gasteiger partial charge on any atom is 0.324 e. The molecule has 2 aromatic carbocycles. The molecule has 66 heavy (non-hydrogen) atoms. The van der Waals surface area contributed by atoms with Gasteiger partial charge in [-0.15, -0.1) is 0 Å². The van der Waals surface area contributed by atoms with Crippen LogP contribution in [0.4, 0.5) is 0 Å². The molecule has 2 aromatic heterocycles. The Morgan fingerprint density at radius 3 is 2.55 bits per heavy atom. The molecule has 4 N–H and O–H groups in total. The van der Waals surface area contributed by atoms with E-state index in [0.29, 0.717) is 45.3 Å². The summed E-state index contributed by atoms with van der Waals surface area (Å²) in [5, 5.41) is 5.58. The van der Waals surface area contributed by atoms with E-state index in [4.69, 9.17) is 20.2 Å². The summed E-state index contributed by atoms with van der Waals surface area (Å²) in [6, 6.07) is 15.9. The number of carbonyl (C=O) groups is 5. The SMILES string of the molecule is CCn1c(-c2cccnc2[C@H](C)OC)c2c3cc(ccc31)-c1cccc(c1)C[C@H](NC(=O)[C@H](C(C)C)N(C)C(=O)[C@H]1CCN(C(=O)CCN)C1)C(=O)N1CCC[C@H](N1)C(=O)OCC(C)(C)C2. The fraction of sp³-hybridized carbons (Fsp3) is 0.529. The van der Waals surface area contributed by atoms with Crippen LogP contribution in [0.1, 0.15) is 90.2 Å². The first-order chi connectivity index (χ1) is 31.5. The minimum absolute atomic E-state index is 0.0877. The molecule has 6 bridgehead atoms. The van der Waals surface area contributed by atoms with Gasteiger partial charge in [-0.05, 0) is 92.0 Å². The van der Waals surface area contributed by atoms with Gasteiger partial charge in [0.2, 0.25) is 17.7 Å². The first kappa shape index (κ1) is 48.3. The van der Waals surface area contributed by atoms with Gasteiger partial charge in [-0.3, -0.25) is 34.0 Å². The standard InChI is InChI=1S/C51H68N8O7/c1-9-58-42-18-17-35-27-38(42)39(46(58)37-15-11-22-53-44(37)32(4)65-8)28-51(5,6)30-66-50(64)40-16-12-23-59(55-40)49(63)41(26-33-13-10-14-34(35)25-33)54-47(61)45(31(2)3)56(7)48(62)36-20-24-57(29-36)43(60)19-21-52/h10-11,13-15,17-18,22,25,27,31-32,36,40-41,45,55H,9,12,16,19-21,23-24,26,28-30,52H2,1-8H3,(H,54,61)/t32-,36-,40-,41-,45-/m0/s1. The molecule has 3 aliphatic heterocycles. The van der Waals surface area contributed by atoms with Crippen molar-refractivity contribution in [3.63, 3.8) is 0 Å². The summed E-state index contributed by atoms with van der Waals surface area (Å²) in [7, 11) is 3.31. The smallest absolute Gasteiger partial charge is 0.324 e. The topological polar surface area (TPSA) is 181 Å². The number of hydrogen-bond donors (Lipinski definition) is 3. The molecular formula is C51H68N8O7. The highest BCUT2D eigenvalue weighted by molar-refractivity contribution is 5.96. The largest absolute Gasteiger partial charge is 0.464 e. The number of likely N-dealkylation sites (N-methyl/N-ethyl adjacent to an activating group) is 1. The van der Waals surface area contributed by atoms with Gasteiger partial charge in [-0.25, -0.2) is 5.43 Å². The zero-order valence-corrected chi connectivity index (χ0v) is 39.9. The van der Waals surface area contributed by atoms with Gasteiger partial charge in [-0.2, -0.15) is 0 Å². The number of fused-ring (bicyclic) bond motifs is 6. The number of esters is 1. The van der Waals surface area contributed by atoms with Crippen molar-refractivity contribution in [1.29, 1.82) is 0 Å².